The van der Waals surface area contributed by atoms with Crippen molar-refractivity contribution >= 4 is 12.0 Å². The quantitative estimate of drug-likeness (QED) is 0.616. The summed E-state index contributed by atoms with van der Waals surface area (Å²) in [5, 5.41) is 10.8. The third-order valence-corrected chi connectivity index (χ3v) is 2.48. The van der Waals surface area contributed by atoms with E-state index in [4.69, 9.17) is 0 Å². The van der Waals surface area contributed by atoms with Crippen LogP contribution in [0.5, 0.6) is 0 Å². The van der Waals surface area contributed by atoms with Gasteiger partial charge in [-0.1, -0.05) is 24.3 Å². The van der Waals surface area contributed by atoms with Crippen molar-refractivity contribution in [1.29, 1.82) is 0 Å². The molecule has 0 fully saturated rings. The fourth-order valence-electron chi connectivity index (χ4n) is 1.70. The van der Waals surface area contributed by atoms with Crippen LogP contribution in [0.2, 0.25) is 0 Å². The molecule has 0 bridgehead atoms. The van der Waals surface area contributed by atoms with Crippen LogP contribution >= 0.6 is 0 Å². The molecule has 1 radical (unpaired) electrons. The zero-order valence-corrected chi connectivity index (χ0v) is 9.09. The Bertz CT molecular complexity index is 625. The summed E-state index contributed by atoms with van der Waals surface area (Å²) in [7, 11) is 0. The lowest BCUT2D eigenvalue weighted by Gasteiger charge is -2.05. The third-order valence-electron chi connectivity index (χ3n) is 2.48. The van der Waals surface area contributed by atoms with Crippen LogP contribution in [-0.2, 0) is 4.79 Å². The Balaban J connectivity index is 2.68. The van der Waals surface area contributed by atoms with Gasteiger partial charge in [-0.25, -0.2) is 4.39 Å². The number of benzene rings is 2. The molecule has 0 heterocycles. The van der Waals surface area contributed by atoms with Crippen molar-refractivity contribution in [2.75, 3.05) is 0 Å². The third kappa shape index (κ3) is 2.10. The average Bonchev–Trinajstić information content (AvgIpc) is 2.37. The molecule has 18 heavy (non-hydrogen) atoms. The number of nitro groups is 1. The van der Waals surface area contributed by atoms with Gasteiger partial charge in [0.25, 0.3) is 5.69 Å². The molecule has 0 unspecified atom stereocenters. The van der Waals surface area contributed by atoms with Crippen LogP contribution in [0.4, 0.5) is 10.1 Å². The first-order chi connectivity index (χ1) is 8.63. The maximum Gasteiger partial charge on any atom is 0.281 e. The molecule has 5 heteroatoms. The zero-order chi connectivity index (χ0) is 13.1. The highest BCUT2D eigenvalue weighted by molar-refractivity contribution is 5.92. The molecule has 0 aliphatic heterocycles. The van der Waals surface area contributed by atoms with E-state index in [9.17, 15) is 19.3 Å². The van der Waals surface area contributed by atoms with Gasteiger partial charge < -0.3 is 0 Å². The van der Waals surface area contributed by atoms with Gasteiger partial charge in [-0.2, -0.15) is 0 Å². The summed E-state index contributed by atoms with van der Waals surface area (Å²) in [6, 6.07) is 9.68. The van der Waals surface area contributed by atoms with Crippen molar-refractivity contribution in [2.45, 2.75) is 0 Å². The first-order valence-corrected chi connectivity index (χ1v) is 5.05. The highest BCUT2D eigenvalue weighted by atomic mass is 19.1. The van der Waals surface area contributed by atoms with Gasteiger partial charge in [0.1, 0.15) is 11.4 Å². The molecule has 2 aromatic carbocycles. The molecule has 0 atom stereocenters. The molecule has 0 saturated carbocycles. The zero-order valence-electron chi connectivity index (χ0n) is 9.09. The van der Waals surface area contributed by atoms with E-state index in [1.165, 1.54) is 36.4 Å². The summed E-state index contributed by atoms with van der Waals surface area (Å²) < 4.78 is 13.1. The Labute approximate surface area is 102 Å². The number of hydrogen-bond acceptors (Lipinski definition) is 3. The fraction of sp³-hybridized carbons (Fsp3) is 0. The maximum atomic E-state index is 13.1. The fourth-order valence-corrected chi connectivity index (χ4v) is 1.70. The topological polar surface area (TPSA) is 60.2 Å². The lowest BCUT2D eigenvalue weighted by Crippen LogP contribution is -1.97. The van der Waals surface area contributed by atoms with Crippen LogP contribution in [0.25, 0.3) is 11.1 Å². The molecule has 0 N–H and O–H groups in total. The second-order valence-corrected chi connectivity index (χ2v) is 3.57. The van der Waals surface area contributed by atoms with Crippen molar-refractivity contribution < 1.29 is 14.1 Å². The van der Waals surface area contributed by atoms with Gasteiger partial charge in [0.15, 0.2) is 0 Å². The van der Waals surface area contributed by atoms with Crippen LogP contribution in [-0.4, -0.2) is 11.2 Å². The predicted molar refractivity (Wildman–Crippen MR) is 63.3 cm³/mol. The van der Waals surface area contributed by atoms with Gasteiger partial charge in [-0.15, -0.1) is 0 Å². The first-order valence-electron chi connectivity index (χ1n) is 5.05. The van der Waals surface area contributed by atoms with E-state index in [-0.39, 0.29) is 11.3 Å². The number of halogens is 1. The van der Waals surface area contributed by atoms with Gasteiger partial charge in [0, 0.05) is 11.6 Å². The molecule has 0 saturated heterocycles. The summed E-state index contributed by atoms with van der Waals surface area (Å²) in [5.41, 5.74) is 0.176. The molecule has 0 aliphatic carbocycles. The van der Waals surface area contributed by atoms with Gasteiger partial charge in [0.05, 0.1) is 4.92 Å². The van der Waals surface area contributed by atoms with Crippen LogP contribution in [0.1, 0.15) is 5.56 Å². The second kappa shape index (κ2) is 4.75. The Kier molecular flexibility index (Phi) is 3.14. The van der Waals surface area contributed by atoms with Crippen LogP contribution in [0, 0.1) is 15.9 Å². The van der Waals surface area contributed by atoms with Crippen LogP contribution in [0.15, 0.2) is 42.5 Å². The summed E-state index contributed by atoms with van der Waals surface area (Å²) >= 11 is 0. The second-order valence-electron chi connectivity index (χ2n) is 3.57. The molecular weight excluding hydrogens is 237 g/mol. The minimum Gasteiger partial charge on any atom is -0.285 e. The monoisotopic (exact) mass is 244 g/mol. The average molecular weight is 244 g/mol. The minimum atomic E-state index is -0.664. The summed E-state index contributed by atoms with van der Waals surface area (Å²) in [5.74, 6) is -0.476. The van der Waals surface area contributed by atoms with Gasteiger partial charge >= 0.3 is 0 Å². The minimum absolute atomic E-state index is 0.173. The SMILES string of the molecule is O=[C]c1c(-c2cccc(F)c2)cccc1[N+](=O)[O-]. The lowest BCUT2D eigenvalue weighted by atomic mass is 9.99. The maximum absolute atomic E-state index is 13.1. The van der Waals surface area contributed by atoms with E-state index < -0.39 is 10.7 Å². The van der Waals surface area contributed by atoms with Crippen LogP contribution < -0.4 is 0 Å². The number of carbonyl (C=O) groups excluding carboxylic acids is 1. The highest BCUT2D eigenvalue weighted by Gasteiger charge is 2.18. The number of hydrogen-bond donors (Lipinski definition) is 0. The van der Waals surface area contributed by atoms with E-state index in [1.807, 2.05) is 0 Å². The Morgan fingerprint density at radius 3 is 2.50 bits per heavy atom. The Morgan fingerprint density at radius 2 is 1.89 bits per heavy atom. The summed E-state index contributed by atoms with van der Waals surface area (Å²) in [6.45, 7) is 0. The standard InChI is InChI=1S/C13H7FNO3/c14-10-4-1-3-9(7-10)11-5-2-6-13(15(17)18)12(11)8-16/h1-7H. The number of rotatable bonds is 3. The Morgan fingerprint density at radius 1 is 1.17 bits per heavy atom. The smallest absolute Gasteiger partial charge is 0.281 e. The van der Waals surface area contributed by atoms with E-state index in [2.05, 4.69) is 0 Å². The molecule has 0 spiro atoms. The molecule has 89 valence electrons. The van der Waals surface area contributed by atoms with E-state index in [0.717, 1.165) is 0 Å². The van der Waals surface area contributed by atoms with Crippen molar-refractivity contribution in [3.8, 4) is 11.1 Å². The predicted octanol–water partition coefficient (Wildman–Crippen LogP) is 2.86. The molecule has 2 aromatic rings. The van der Waals surface area contributed by atoms with Gasteiger partial charge in [0.2, 0.25) is 6.29 Å². The Hall–Kier alpha value is -2.56. The lowest BCUT2D eigenvalue weighted by molar-refractivity contribution is -0.385. The highest BCUT2D eigenvalue weighted by Crippen LogP contribution is 2.29. The van der Waals surface area contributed by atoms with Crippen LogP contribution in [0.3, 0.4) is 0 Å². The first kappa shape index (κ1) is 11.9. The summed E-state index contributed by atoms with van der Waals surface area (Å²) in [4.78, 5) is 21.0. The summed E-state index contributed by atoms with van der Waals surface area (Å²) in [6.07, 6.45) is 1.55. The number of nitro benzene ring substituents is 1. The largest absolute Gasteiger partial charge is 0.285 e. The van der Waals surface area contributed by atoms with E-state index in [1.54, 1.807) is 12.4 Å². The molecule has 2 rings (SSSR count). The van der Waals surface area contributed by atoms with E-state index in [0.29, 0.717) is 11.1 Å². The van der Waals surface area contributed by atoms with Crippen molar-refractivity contribution in [1.82, 2.24) is 0 Å². The molecule has 0 aliphatic rings. The molecule has 4 nitrogen and oxygen atoms in total. The van der Waals surface area contributed by atoms with Crippen molar-refractivity contribution in [2.24, 2.45) is 0 Å². The van der Waals surface area contributed by atoms with Crippen molar-refractivity contribution in [3.63, 3.8) is 0 Å². The normalized spacial score (nSPS) is 10.1. The molecule has 0 amide bonds. The number of nitrogens with zero attached hydrogens (tertiary/aromatic N) is 1. The van der Waals surface area contributed by atoms with Gasteiger partial charge in [-0.05, 0) is 17.7 Å². The van der Waals surface area contributed by atoms with E-state index >= 15 is 0 Å². The molecular formula is C13H7FNO3. The van der Waals surface area contributed by atoms with Gasteiger partial charge in [-0.3, -0.25) is 14.9 Å². The molecule has 0 aromatic heterocycles. The van der Waals surface area contributed by atoms with Crippen molar-refractivity contribution in [3.05, 3.63) is 64.0 Å².